The number of anilines is 1. The zero-order valence-electron chi connectivity index (χ0n) is 9.26. The molecule has 0 aromatic heterocycles. The number of carbonyl (C=O) groups is 1. The summed E-state index contributed by atoms with van der Waals surface area (Å²) in [6.45, 7) is 1.51. The number of amides is 1. The summed E-state index contributed by atoms with van der Waals surface area (Å²) in [5.74, 6) is 0. The largest absolute Gasteiger partial charge is 0.465 e. The summed E-state index contributed by atoms with van der Waals surface area (Å²) in [7, 11) is 0. The van der Waals surface area contributed by atoms with Gasteiger partial charge in [-0.05, 0) is 30.7 Å². The lowest BCUT2D eigenvalue weighted by atomic mass is 10.2. The predicted molar refractivity (Wildman–Crippen MR) is 62.9 cm³/mol. The molecule has 2 N–H and O–H groups in total. The van der Waals surface area contributed by atoms with Gasteiger partial charge in [-0.15, -0.1) is 0 Å². The van der Waals surface area contributed by atoms with Crippen molar-refractivity contribution in [2.24, 2.45) is 0 Å². The summed E-state index contributed by atoms with van der Waals surface area (Å²) in [6, 6.07) is 9.38. The fourth-order valence-electron chi connectivity index (χ4n) is 2.03. The SMILES string of the molecule is N#Cc1ccc(N2CC[C@H](NC(=O)O)C2)cc1. The van der Waals surface area contributed by atoms with Crippen LogP contribution in [0.4, 0.5) is 10.5 Å². The highest BCUT2D eigenvalue weighted by molar-refractivity contribution is 5.65. The van der Waals surface area contributed by atoms with Crippen LogP contribution < -0.4 is 10.2 Å². The van der Waals surface area contributed by atoms with E-state index in [0.29, 0.717) is 12.1 Å². The average molecular weight is 231 g/mol. The van der Waals surface area contributed by atoms with E-state index in [1.54, 1.807) is 12.1 Å². The number of hydrogen-bond donors (Lipinski definition) is 2. The Morgan fingerprint density at radius 3 is 2.76 bits per heavy atom. The van der Waals surface area contributed by atoms with E-state index in [1.807, 2.05) is 12.1 Å². The fourth-order valence-corrected chi connectivity index (χ4v) is 2.03. The Labute approximate surface area is 99.3 Å². The smallest absolute Gasteiger partial charge is 0.404 e. The van der Waals surface area contributed by atoms with E-state index in [-0.39, 0.29) is 6.04 Å². The van der Waals surface area contributed by atoms with E-state index in [1.165, 1.54) is 0 Å². The van der Waals surface area contributed by atoms with Crippen molar-refractivity contribution < 1.29 is 9.90 Å². The van der Waals surface area contributed by atoms with Crippen LogP contribution in [0.1, 0.15) is 12.0 Å². The first-order chi connectivity index (χ1) is 8.19. The molecule has 1 aromatic carbocycles. The number of benzene rings is 1. The molecule has 5 heteroatoms. The molecule has 0 saturated carbocycles. The highest BCUT2D eigenvalue weighted by atomic mass is 16.4. The maximum atomic E-state index is 10.5. The minimum atomic E-state index is -0.975. The molecule has 0 aliphatic carbocycles. The average Bonchev–Trinajstić information content (AvgIpc) is 2.77. The standard InChI is InChI=1S/C12H13N3O2/c13-7-9-1-3-11(4-2-9)15-6-5-10(8-15)14-12(16)17/h1-4,10,14H,5-6,8H2,(H,16,17)/t10-/m0/s1. The summed E-state index contributed by atoms with van der Waals surface area (Å²) >= 11 is 0. The van der Waals surface area contributed by atoms with Crippen LogP contribution in [0.5, 0.6) is 0 Å². The number of carboxylic acid groups (broad SMARTS) is 1. The van der Waals surface area contributed by atoms with Gasteiger partial charge >= 0.3 is 6.09 Å². The number of hydrogen-bond acceptors (Lipinski definition) is 3. The van der Waals surface area contributed by atoms with Crippen molar-refractivity contribution >= 4 is 11.8 Å². The molecule has 1 saturated heterocycles. The van der Waals surface area contributed by atoms with E-state index in [2.05, 4.69) is 16.3 Å². The molecule has 88 valence electrons. The number of nitrogens with one attached hydrogen (secondary N) is 1. The molecule has 0 spiro atoms. The van der Waals surface area contributed by atoms with Crippen LogP contribution >= 0.6 is 0 Å². The third-order valence-corrected chi connectivity index (χ3v) is 2.88. The van der Waals surface area contributed by atoms with Crippen molar-refractivity contribution in [3.63, 3.8) is 0 Å². The topological polar surface area (TPSA) is 76.4 Å². The van der Waals surface area contributed by atoms with Gasteiger partial charge in [0.2, 0.25) is 0 Å². The Hall–Kier alpha value is -2.22. The molecule has 1 aromatic rings. The zero-order chi connectivity index (χ0) is 12.3. The fraction of sp³-hybridized carbons (Fsp3) is 0.333. The normalized spacial score (nSPS) is 18.8. The number of nitriles is 1. The quantitative estimate of drug-likeness (QED) is 0.806. The molecule has 1 aliphatic heterocycles. The first-order valence-corrected chi connectivity index (χ1v) is 5.43. The van der Waals surface area contributed by atoms with Crippen molar-refractivity contribution in [3.8, 4) is 6.07 Å². The number of rotatable bonds is 2. The van der Waals surface area contributed by atoms with E-state index in [4.69, 9.17) is 10.4 Å². The first kappa shape index (κ1) is 11.3. The van der Waals surface area contributed by atoms with Crippen molar-refractivity contribution in [2.75, 3.05) is 18.0 Å². The van der Waals surface area contributed by atoms with Gasteiger partial charge in [-0.2, -0.15) is 5.26 Å². The van der Waals surface area contributed by atoms with Crippen LogP contribution in [0.25, 0.3) is 0 Å². The first-order valence-electron chi connectivity index (χ1n) is 5.43. The molecule has 0 unspecified atom stereocenters. The van der Waals surface area contributed by atoms with Gasteiger partial charge in [0.25, 0.3) is 0 Å². The van der Waals surface area contributed by atoms with Gasteiger partial charge in [-0.1, -0.05) is 0 Å². The monoisotopic (exact) mass is 231 g/mol. The molecule has 0 radical (unpaired) electrons. The molecule has 17 heavy (non-hydrogen) atoms. The summed E-state index contributed by atoms with van der Waals surface area (Å²) in [4.78, 5) is 12.6. The van der Waals surface area contributed by atoms with Gasteiger partial charge in [0.1, 0.15) is 0 Å². The third kappa shape index (κ3) is 2.67. The second-order valence-electron chi connectivity index (χ2n) is 4.04. The van der Waals surface area contributed by atoms with Crippen molar-refractivity contribution in [2.45, 2.75) is 12.5 Å². The van der Waals surface area contributed by atoms with Gasteiger partial charge in [0, 0.05) is 18.8 Å². The lowest BCUT2D eigenvalue weighted by Crippen LogP contribution is -2.35. The molecular formula is C12H13N3O2. The van der Waals surface area contributed by atoms with Crippen molar-refractivity contribution in [3.05, 3.63) is 29.8 Å². The summed E-state index contributed by atoms with van der Waals surface area (Å²) in [6.07, 6.45) is -0.163. The Morgan fingerprint density at radius 2 is 2.18 bits per heavy atom. The molecule has 2 rings (SSSR count). The second kappa shape index (κ2) is 4.74. The minimum absolute atomic E-state index is 0.0110. The van der Waals surface area contributed by atoms with Crippen LogP contribution in [0, 0.1) is 11.3 Å². The van der Waals surface area contributed by atoms with Crippen LogP contribution in [-0.4, -0.2) is 30.3 Å². The Morgan fingerprint density at radius 1 is 1.47 bits per heavy atom. The molecule has 5 nitrogen and oxygen atoms in total. The maximum absolute atomic E-state index is 10.5. The Balaban J connectivity index is 2.00. The van der Waals surface area contributed by atoms with Crippen molar-refractivity contribution in [1.82, 2.24) is 5.32 Å². The van der Waals surface area contributed by atoms with E-state index >= 15 is 0 Å². The van der Waals surface area contributed by atoms with Crippen molar-refractivity contribution in [1.29, 1.82) is 5.26 Å². The molecule has 1 aliphatic rings. The minimum Gasteiger partial charge on any atom is -0.465 e. The van der Waals surface area contributed by atoms with E-state index in [0.717, 1.165) is 18.7 Å². The summed E-state index contributed by atoms with van der Waals surface area (Å²) in [5.41, 5.74) is 1.66. The molecule has 0 bridgehead atoms. The van der Waals surface area contributed by atoms with Gasteiger partial charge in [-0.3, -0.25) is 0 Å². The Kier molecular flexibility index (Phi) is 3.15. The molecule has 1 atom stereocenters. The van der Waals surface area contributed by atoms with Crippen LogP contribution in [0.3, 0.4) is 0 Å². The summed E-state index contributed by atoms with van der Waals surface area (Å²) in [5, 5.41) is 19.8. The van der Waals surface area contributed by atoms with Crippen LogP contribution in [0.2, 0.25) is 0 Å². The molecule has 1 amide bonds. The molecular weight excluding hydrogens is 218 g/mol. The van der Waals surface area contributed by atoms with Gasteiger partial charge in [-0.25, -0.2) is 4.79 Å². The van der Waals surface area contributed by atoms with Crippen LogP contribution in [0.15, 0.2) is 24.3 Å². The molecule has 1 heterocycles. The lowest BCUT2D eigenvalue weighted by Gasteiger charge is -2.18. The lowest BCUT2D eigenvalue weighted by molar-refractivity contribution is 0.191. The predicted octanol–water partition coefficient (Wildman–Crippen LogP) is 1.40. The third-order valence-electron chi connectivity index (χ3n) is 2.88. The Bertz CT molecular complexity index is 450. The maximum Gasteiger partial charge on any atom is 0.404 e. The highest BCUT2D eigenvalue weighted by Gasteiger charge is 2.23. The van der Waals surface area contributed by atoms with E-state index in [9.17, 15) is 4.79 Å². The second-order valence-corrected chi connectivity index (χ2v) is 4.04. The van der Waals surface area contributed by atoms with E-state index < -0.39 is 6.09 Å². The summed E-state index contributed by atoms with van der Waals surface area (Å²) < 4.78 is 0. The van der Waals surface area contributed by atoms with Crippen LogP contribution in [-0.2, 0) is 0 Å². The highest BCUT2D eigenvalue weighted by Crippen LogP contribution is 2.20. The number of nitrogens with zero attached hydrogens (tertiary/aromatic N) is 2. The van der Waals surface area contributed by atoms with Gasteiger partial charge in [0.15, 0.2) is 0 Å². The zero-order valence-corrected chi connectivity index (χ0v) is 9.26. The van der Waals surface area contributed by atoms with Gasteiger partial charge in [0.05, 0.1) is 17.7 Å². The molecule has 1 fully saturated rings. The van der Waals surface area contributed by atoms with Gasteiger partial charge < -0.3 is 15.3 Å².